The van der Waals surface area contributed by atoms with Gasteiger partial charge in [-0.25, -0.2) is 5.43 Å². The van der Waals surface area contributed by atoms with Gasteiger partial charge in [0.25, 0.3) is 5.91 Å². The van der Waals surface area contributed by atoms with Crippen LogP contribution in [0.3, 0.4) is 0 Å². The molecule has 0 fully saturated rings. The van der Waals surface area contributed by atoms with Crippen molar-refractivity contribution in [2.75, 3.05) is 6.61 Å². The molecule has 0 aliphatic heterocycles. The predicted molar refractivity (Wildman–Crippen MR) is 120 cm³/mol. The Kier molecular flexibility index (Phi) is 7.63. The van der Waals surface area contributed by atoms with E-state index in [-0.39, 0.29) is 12.5 Å². The maximum atomic E-state index is 12.3. The summed E-state index contributed by atoms with van der Waals surface area (Å²) in [5, 5.41) is 13.6. The van der Waals surface area contributed by atoms with Gasteiger partial charge >= 0.3 is 0 Å². The third-order valence-corrected chi connectivity index (χ3v) is 4.45. The third-order valence-electron chi connectivity index (χ3n) is 4.22. The molecule has 6 nitrogen and oxygen atoms in total. The Morgan fingerprint density at radius 1 is 1.13 bits per heavy atom. The van der Waals surface area contributed by atoms with Crippen molar-refractivity contribution in [3.63, 3.8) is 0 Å². The molecule has 156 valence electrons. The lowest BCUT2D eigenvalue weighted by molar-refractivity contribution is 0.0955. The number of hydrogen-bond acceptors (Lipinski definition) is 5. The Bertz CT molecular complexity index is 1120. The van der Waals surface area contributed by atoms with E-state index in [1.54, 1.807) is 60.7 Å². The minimum atomic E-state index is -0.350. The van der Waals surface area contributed by atoms with Gasteiger partial charge in [-0.15, -0.1) is 0 Å². The largest absolute Gasteiger partial charge is 0.494 e. The van der Waals surface area contributed by atoms with Crippen LogP contribution in [0.5, 0.6) is 11.5 Å². The minimum absolute atomic E-state index is 0.274. The Morgan fingerprint density at radius 2 is 1.94 bits per heavy atom. The van der Waals surface area contributed by atoms with E-state index in [1.807, 2.05) is 13.0 Å². The molecule has 0 aliphatic rings. The minimum Gasteiger partial charge on any atom is -0.494 e. The van der Waals surface area contributed by atoms with Crippen LogP contribution in [0.4, 0.5) is 0 Å². The van der Waals surface area contributed by atoms with Crippen LogP contribution in [0.2, 0.25) is 5.02 Å². The van der Waals surface area contributed by atoms with Gasteiger partial charge < -0.3 is 9.47 Å². The second-order valence-corrected chi connectivity index (χ2v) is 6.88. The van der Waals surface area contributed by atoms with E-state index in [4.69, 9.17) is 26.3 Å². The number of ether oxygens (including phenoxy) is 2. The first-order valence-corrected chi connectivity index (χ1v) is 9.94. The standard InChI is InChI=1S/C24H20ClN3O3/c1-2-30-22-9-6-19(7-10-22)24(29)28-27-15-20-13-21(25)8-11-23(20)31-16-18-5-3-4-17(12-18)14-26/h3-13,15H,2,16H2,1H3,(H,28,29)/b27-15+. The van der Waals surface area contributed by atoms with Gasteiger partial charge in [0.1, 0.15) is 18.1 Å². The van der Waals surface area contributed by atoms with Crippen LogP contribution < -0.4 is 14.9 Å². The monoisotopic (exact) mass is 433 g/mol. The van der Waals surface area contributed by atoms with Crippen molar-refractivity contribution < 1.29 is 14.3 Å². The average Bonchev–Trinajstić information content (AvgIpc) is 2.79. The van der Waals surface area contributed by atoms with Gasteiger partial charge in [-0.05, 0) is 67.1 Å². The van der Waals surface area contributed by atoms with E-state index in [0.717, 1.165) is 5.56 Å². The third kappa shape index (κ3) is 6.33. The Balaban J connectivity index is 1.66. The molecule has 0 radical (unpaired) electrons. The molecule has 0 heterocycles. The van der Waals surface area contributed by atoms with Crippen molar-refractivity contribution in [2.45, 2.75) is 13.5 Å². The lowest BCUT2D eigenvalue weighted by atomic mass is 10.1. The van der Waals surface area contributed by atoms with Gasteiger partial charge in [-0.1, -0.05) is 23.7 Å². The number of hydrazone groups is 1. The number of carbonyl (C=O) groups excluding carboxylic acids is 1. The summed E-state index contributed by atoms with van der Waals surface area (Å²) in [6.07, 6.45) is 1.47. The van der Waals surface area contributed by atoms with Crippen molar-refractivity contribution in [1.82, 2.24) is 5.43 Å². The summed E-state index contributed by atoms with van der Waals surface area (Å²) in [5.74, 6) is 0.895. The molecular weight excluding hydrogens is 414 g/mol. The van der Waals surface area contributed by atoms with Crippen molar-refractivity contribution in [2.24, 2.45) is 5.10 Å². The fraction of sp³-hybridized carbons (Fsp3) is 0.125. The SMILES string of the molecule is CCOc1ccc(C(=O)N/N=C/c2cc(Cl)ccc2OCc2cccc(C#N)c2)cc1. The van der Waals surface area contributed by atoms with Crippen LogP contribution in [0.1, 0.15) is 34.0 Å². The first-order chi connectivity index (χ1) is 15.1. The second kappa shape index (κ2) is 10.8. The lowest BCUT2D eigenvalue weighted by Crippen LogP contribution is -2.17. The zero-order valence-corrected chi connectivity index (χ0v) is 17.6. The van der Waals surface area contributed by atoms with Crippen LogP contribution in [0.25, 0.3) is 0 Å². The zero-order valence-electron chi connectivity index (χ0n) is 16.8. The quantitative estimate of drug-likeness (QED) is 0.402. The van der Waals surface area contributed by atoms with Gasteiger partial charge in [0, 0.05) is 16.1 Å². The normalized spacial score (nSPS) is 10.5. The van der Waals surface area contributed by atoms with Crippen LogP contribution in [0, 0.1) is 11.3 Å². The molecule has 3 aromatic rings. The Hall–Kier alpha value is -3.82. The highest BCUT2D eigenvalue weighted by molar-refractivity contribution is 6.30. The van der Waals surface area contributed by atoms with Crippen molar-refractivity contribution >= 4 is 23.7 Å². The molecule has 1 amide bonds. The second-order valence-electron chi connectivity index (χ2n) is 6.44. The van der Waals surface area contributed by atoms with Gasteiger partial charge in [-0.3, -0.25) is 4.79 Å². The molecule has 3 aromatic carbocycles. The number of amides is 1. The topological polar surface area (TPSA) is 83.7 Å². The fourth-order valence-electron chi connectivity index (χ4n) is 2.74. The maximum Gasteiger partial charge on any atom is 0.271 e. The summed E-state index contributed by atoms with van der Waals surface area (Å²) in [4.78, 5) is 12.3. The number of benzene rings is 3. The molecule has 1 N–H and O–H groups in total. The highest BCUT2D eigenvalue weighted by Crippen LogP contribution is 2.22. The first kappa shape index (κ1) is 21.9. The molecule has 0 saturated heterocycles. The smallest absolute Gasteiger partial charge is 0.271 e. The number of nitriles is 1. The number of halogens is 1. The molecular formula is C24H20ClN3O3. The van der Waals surface area contributed by atoms with E-state index < -0.39 is 0 Å². The average molecular weight is 434 g/mol. The zero-order chi connectivity index (χ0) is 22.1. The molecule has 0 saturated carbocycles. The number of carbonyl (C=O) groups is 1. The Morgan fingerprint density at radius 3 is 2.68 bits per heavy atom. The van der Waals surface area contributed by atoms with E-state index in [1.165, 1.54) is 6.21 Å². The summed E-state index contributed by atoms with van der Waals surface area (Å²) in [6.45, 7) is 2.73. The molecule has 31 heavy (non-hydrogen) atoms. The van der Waals surface area contributed by atoms with Gasteiger partial charge in [0.15, 0.2) is 0 Å². The van der Waals surface area contributed by atoms with Crippen LogP contribution in [0.15, 0.2) is 71.8 Å². The number of rotatable bonds is 8. The molecule has 7 heteroatoms. The van der Waals surface area contributed by atoms with Crippen molar-refractivity contribution in [1.29, 1.82) is 5.26 Å². The molecule has 0 aromatic heterocycles. The first-order valence-electron chi connectivity index (χ1n) is 9.56. The number of hydrogen-bond donors (Lipinski definition) is 1. The van der Waals surface area contributed by atoms with Crippen molar-refractivity contribution in [3.05, 3.63) is 94.0 Å². The van der Waals surface area contributed by atoms with Gasteiger partial charge in [0.05, 0.1) is 24.5 Å². The van der Waals surface area contributed by atoms with Crippen LogP contribution >= 0.6 is 11.6 Å². The highest BCUT2D eigenvalue weighted by atomic mass is 35.5. The van der Waals surface area contributed by atoms with E-state index >= 15 is 0 Å². The summed E-state index contributed by atoms with van der Waals surface area (Å²) < 4.78 is 11.2. The van der Waals surface area contributed by atoms with E-state index in [2.05, 4.69) is 16.6 Å². The predicted octanol–water partition coefficient (Wildman–Crippen LogP) is 4.95. The van der Waals surface area contributed by atoms with E-state index in [0.29, 0.717) is 39.8 Å². The molecule has 0 unspecified atom stereocenters. The summed E-state index contributed by atoms with van der Waals surface area (Å²) in [5.41, 5.74) is 4.98. The molecule has 0 spiro atoms. The summed E-state index contributed by atoms with van der Waals surface area (Å²) >= 11 is 6.10. The fourth-order valence-corrected chi connectivity index (χ4v) is 2.92. The lowest BCUT2D eigenvalue weighted by Gasteiger charge is -2.10. The van der Waals surface area contributed by atoms with Crippen LogP contribution in [-0.4, -0.2) is 18.7 Å². The number of nitrogens with one attached hydrogen (secondary N) is 1. The molecule has 0 bridgehead atoms. The maximum absolute atomic E-state index is 12.3. The molecule has 0 atom stereocenters. The summed E-state index contributed by atoms with van der Waals surface area (Å²) in [7, 11) is 0. The Labute approximate surface area is 185 Å². The highest BCUT2D eigenvalue weighted by Gasteiger charge is 2.07. The molecule has 3 rings (SSSR count). The van der Waals surface area contributed by atoms with Crippen molar-refractivity contribution in [3.8, 4) is 17.6 Å². The van der Waals surface area contributed by atoms with Gasteiger partial charge in [-0.2, -0.15) is 10.4 Å². The summed E-state index contributed by atoms with van der Waals surface area (Å²) in [6, 6.07) is 21.2. The van der Waals surface area contributed by atoms with E-state index in [9.17, 15) is 4.79 Å². The van der Waals surface area contributed by atoms with Crippen LogP contribution in [-0.2, 0) is 6.61 Å². The number of nitrogens with zero attached hydrogens (tertiary/aromatic N) is 2. The molecule has 0 aliphatic carbocycles. The van der Waals surface area contributed by atoms with Gasteiger partial charge in [0.2, 0.25) is 0 Å².